The second-order valence-corrected chi connectivity index (χ2v) is 4.99. The Morgan fingerprint density at radius 1 is 1.23 bits per heavy atom. The van der Waals surface area contributed by atoms with Gasteiger partial charge in [0.25, 0.3) is 5.91 Å². The van der Waals surface area contributed by atoms with Crippen LogP contribution >= 0.6 is 23.2 Å². The number of hydrogen-bond donors (Lipinski definition) is 1. The molecule has 0 radical (unpaired) electrons. The molecule has 0 aromatic heterocycles. The van der Waals surface area contributed by atoms with E-state index >= 15 is 0 Å². The molecule has 0 unspecified atom stereocenters. The molecule has 0 aliphatic heterocycles. The molecule has 4 nitrogen and oxygen atoms in total. The zero-order chi connectivity index (χ0) is 15.9. The summed E-state index contributed by atoms with van der Waals surface area (Å²) in [5, 5.41) is 4.34. The molecule has 7 heteroatoms. The van der Waals surface area contributed by atoms with Crippen LogP contribution in [0.1, 0.15) is 5.56 Å². The van der Waals surface area contributed by atoms with Crippen LogP contribution < -0.4 is 10.2 Å². The quantitative estimate of drug-likeness (QED) is 0.667. The minimum atomic E-state index is -0.464. The number of nitrogens with one attached hydrogen (secondary N) is 1. The van der Waals surface area contributed by atoms with Crippen molar-refractivity contribution in [2.45, 2.75) is 0 Å². The highest BCUT2D eigenvalue weighted by Crippen LogP contribution is 2.22. The summed E-state index contributed by atoms with van der Waals surface area (Å²) in [6.07, 6.45) is 1.31. The van der Waals surface area contributed by atoms with Gasteiger partial charge < -0.3 is 4.74 Å². The number of nitrogens with zero attached hydrogens (tertiary/aromatic N) is 1. The highest BCUT2D eigenvalue weighted by Gasteiger charge is 2.04. The molecule has 0 aliphatic carbocycles. The van der Waals surface area contributed by atoms with Gasteiger partial charge in [-0.3, -0.25) is 4.79 Å². The van der Waals surface area contributed by atoms with Crippen LogP contribution in [0.25, 0.3) is 0 Å². The topological polar surface area (TPSA) is 50.7 Å². The summed E-state index contributed by atoms with van der Waals surface area (Å²) in [6, 6.07) is 10.7. The largest absolute Gasteiger partial charge is 0.482 e. The molecule has 0 saturated heterocycles. The van der Waals surface area contributed by atoms with Crippen molar-refractivity contribution in [3.63, 3.8) is 0 Å². The summed E-state index contributed by atoms with van der Waals surface area (Å²) in [4.78, 5) is 11.6. The van der Waals surface area contributed by atoms with E-state index in [4.69, 9.17) is 27.9 Å². The van der Waals surface area contributed by atoms with E-state index in [-0.39, 0.29) is 11.6 Å². The van der Waals surface area contributed by atoms with Crippen molar-refractivity contribution in [2.75, 3.05) is 6.61 Å². The van der Waals surface area contributed by atoms with Crippen molar-refractivity contribution < 1.29 is 13.9 Å². The van der Waals surface area contributed by atoms with Gasteiger partial charge in [-0.1, -0.05) is 35.3 Å². The number of halogens is 3. The van der Waals surface area contributed by atoms with E-state index in [0.29, 0.717) is 16.3 Å². The first-order valence-electron chi connectivity index (χ1n) is 6.20. The van der Waals surface area contributed by atoms with Crippen LogP contribution in [0.15, 0.2) is 47.6 Å². The third kappa shape index (κ3) is 4.72. The first kappa shape index (κ1) is 16.3. The second kappa shape index (κ2) is 7.77. The van der Waals surface area contributed by atoms with Crippen molar-refractivity contribution in [3.8, 4) is 5.75 Å². The second-order valence-electron chi connectivity index (χ2n) is 4.18. The lowest BCUT2D eigenvalue weighted by atomic mass is 10.2. The third-order valence-electron chi connectivity index (χ3n) is 2.55. The van der Waals surface area contributed by atoms with E-state index in [1.807, 2.05) is 0 Å². The Morgan fingerprint density at radius 3 is 2.73 bits per heavy atom. The average Bonchev–Trinajstić information content (AvgIpc) is 2.49. The molecule has 0 atom stereocenters. The minimum absolute atomic E-state index is 0.199. The van der Waals surface area contributed by atoms with E-state index in [9.17, 15) is 9.18 Å². The molecule has 0 fully saturated rings. The molecular formula is C15H11Cl2FN2O2. The zero-order valence-corrected chi connectivity index (χ0v) is 12.7. The van der Waals surface area contributed by atoms with Gasteiger partial charge in [0.1, 0.15) is 11.6 Å². The van der Waals surface area contributed by atoms with E-state index in [1.54, 1.807) is 24.3 Å². The van der Waals surface area contributed by atoms with Gasteiger partial charge in [0.05, 0.1) is 16.3 Å². The molecule has 0 heterocycles. The number of rotatable bonds is 5. The molecule has 0 spiro atoms. The van der Waals surface area contributed by atoms with Gasteiger partial charge in [-0.2, -0.15) is 5.10 Å². The zero-order valence-electron chi connectivity index (χ0n) is 11.2. The maximum atomic E-state index is 12.9. The Balaban J connectivity index is 1.85. The standard InChI is InChI=1S/C15H11Cl2FN2O2/c16-12-3-1-2-4-14(12)22-9-15(21)20-19-8-10-5-6-11(18)7-13(10)17/h1-8H,9H2,(H,20,21)/b19-8+. The summed E-state index contributed by atoms with van der Waals surface area (Å²) in [6.45, 7) is -0.238. The number of para-hydroxylation sites is 1. The molecule has 2 aromatic carbocycles. The van der Waals surface area contributed by atoms with Crippen LogP contribution in [0.3, 0.4) is 0 Å². The highest BCUT2D eigenvalue weighted by molar-refractivity contribution is 6.33. The van der Waals surface area contributed by atoms with Crippen molar-refractivity contribution in [3.05, 3.63) is 63.9 Å². The Bertz CT molecular complexity index is 708. The summed E-state index contributed by atoms with van der Waals surface area (Å²) in [5.74, 6) is -0.501. The van der Waals surface area contributed by atoms with Crippen LogP contribution in [0.5, 0.6) is 5.75 Å². The number of ether oxygens (including phenoxy) is 1. The Hall–Kier alpha value is -2.11. The fraction of sp³-hybridized carbons (Fsp3) is 0.0667. The fourth-order valence-electron chi connectivity index (χ4n) is 1.52. The fourth-order valence-corrected chi connectivity index (χ4v) is 1.92. The molecule has 0 aliphatic rings. The maximum absolute atomic E-state index is 12.9. The SMILES string of the molecule is O=C(COc1ccccc1Cl)N/N=C/c1ccc(F)cc1Cl. The van der Waals surface area contributed by atoms with Crippen LogP contribution in [0, 0.1) is 5.82 Å². The lowest BCUT2D eigenvalue weighted by Gasteiger charge is -2.06. The smallest absolute Gasteiger partial charge is 0.277 e. The van der Waals surface area contributed by atoms with Gasteiger partial charge >= 0.3 is 0 Å². The van der Waals surface area contributed by atoms with Crippen molar-refractivity contribution >= 4 is 35.3 Å². The van der Waals surface area contributed by atoms with E-state index in [2.05, 4.69) is 10.5 Å². The van der Waals surface area contributed by atoms with Crippen molar-refractivity contribution in [1.29, 1.82) is 0 Å². The lowest BCUT2D eigenvalue weighted by molar-refractivity contribution is -0.123. The average molecular weight is 341 g/mol. The normalized spacial score (nSPS) is 10.7. The first-order chi connectivity index (χ1) is 10.6. The summed E-state index contributed by atoms with van der Waals surface area (Å²) >= 11 is 11.7. The van der Waals surface area contributed by atoms with Crippen LogP contribution in [0.4, 0.5) is 4.39 Å². The highest BCUT2D eigenvalue weighted by atomic mass is 35.5. The molecule has 1 amide bonds. The number of carbonyl (C=O) groups excluding carboxylic acids is 1. The monoisotopic (exact) mass is 340 g/mol. The molecular weight excluding hydrogens is 330 g/mol. The summed E-state index contributed by atoms with van der Waals surface area (Å²) in [7, 11) is 0. The predicted octanol–water partition coefficient (Wildman–Crippen LogP) is 3.66. The molecule has 0 saturated carbocycles. The van der Waals surface area contributed by atoms with E-state index in [0.717, 1.165) is 6.07 Å². The number of hydrogen-bond acceptors (Lipinski definition) is 3. The lowest BCUT2D eigenvalue weighted by Crippen LogP contribution is -2.24. The molecule has 0 bridgehead atoms. The summed E-state index contributed by atoms with van der Waals surface area (Å²) < 4.78 is 18.1. The van der Waals surface area contributed by atoms with Crippen LogP contribution in [-0.4, -0.2) is 18.7 Å². The number of hydrazone groups is 1. The molecule has 2 rings (SSSR count). The van der Waals surface area contributed by atoms with Gasteiger partial charge in [-0.05, 0) is 30.3 Å². The van der Waals surface area contributed by atoms with Gasteiger partial charge in [0, 0.05) is 5.56 Å². The molecule has 22 heavy (non-hydrogen) atoms. The third-order valence-corrected chi connectivity index (χ3v) is 3.19. The van der Waals surface area contributed by atoms with Crippen molar-refractivity contribution in [2.24, 2.45) is 5.10 Å². The Morgan fingerprint density at radius 2 is 2.00 bits per heavy atom. The molecule has 114 valence electrons. The summed E-state index contributed by atoms with van der Waals surface area (Å²) in [5.41, 5.74) is 2.75. The Labute approximate surface area is 136 Å². The first-order valence-corrected chi connectivity index (χ1v) is 6.96. The number of benzene rings is 2. The van der Waals surface area contributed by atoms with E-state index in [1.165, 1.54) is 18.3 Å². The van der Waals surface area contributed by atoms with Crippen LogP contribution in [0.2, 0.25) is 10.0 Å². The van der Waals surface area contributed by atoms with Gasteiger partial charge in [-0.25, -0.2) is 9.82 Å². The van der Waals surface area contributed by atoms with Gasteiger partial charge in [0.15, 0.2) is 6.61 Å². The van der Waals surface area contributed by atoms with Crippen molar-refractivity contribution in [1.82, 2.24) is 5.43 Å². The predicted molar refractivity (Wildman–Crippen MR) is 84.1 cm³/mol. The van der Waals surface area contributed by atoms with Gasteiger partial charge in [-0.15, -0.1) is 0 Å². The Kier molecular flexibility index (Phi) is 5.75. The minimum Gasteiger partial charge on any atom is -0.482 e. The number of amides is 1. The molecule has 2 aromatic rings. The van der Waals surface area contributed by atoms with E-state index < -0.39 is 11.7 Å². The maximum Gasteiger partial charge on any atom is 0.277 e. The molecule has 1 N–H and O–H groups in total. The number of carbonyl (C=O) groups is 1. The van der Waals surface area contributed by atoms with Crippen LogP contribution in [-0.2, 0) is 4.79 Å². The van der Waals surface area contributed by atoms with Gasteiger partial charge in [0.2, 0.25) is 0 Å².